The maximum absolute atomic E-state index is 12.1. The normalized spacial score (nSPS) is 11.3. The molecule has 0 saturated heterocycles. The first-order chi connectivity index (χ1) is 52.6. The smallest absolute Gasteiger partial charge is 0.337 e. The number of phenolic OH excluding ortho intramolecular Hbond substituents is 4. The van der Waals surface area contributed by atoms with Gasteiger partial charge in [0.25, 0.3) is 0 Å². The Morgan fingerprint density at radius 2 is 0.571 bits per heavy atom. The molecule has 112 heavy (non-hydrogen) atoms. The number of hydrogen-bond acceptors (Lipinski definition) is 13. The van der Waals surface area contributed by atoms with Crippen molar-refractivity contribution in [2.75, 3.05) is 14.2 Å². The molecule has 0 aliphatic heterocycles. The number of phenols is 4. The summed E-state index contributed by atoms with van der Waals surface area (Å²) >= 11 is 24.9. The van der Waals surface area contributed by atoms with Crippen molar-refractivity contribution in [3.63, 3.8) is 0 Å². The molecule has 13 rings (SSSR count). The number of carboxylic acid groups (broad SMARTS) is 2. The van der Waals surface area contributed by atoms with Gasteiger partial charge in [0.2, 0.25) is 0 Å². The van der Waals surface area contributed by atoms with E-state index in [1.165, 1.54) is 25.3 Å². The van der Waals surface area contributed by atoms with Crippen LogP contribution in [0.15, 0.2) is 364 Å². The van der Waals surface area contributed by atoms with Gasteiger partial charge in [0.15, 0.2) is 17.7 Å². The SMILES string of the molecule is COc1cccc(C(=O)O)c1.COc1cccc(C(=O)c2ccccc2)c1.ClP(Cl)(Cl)(Cl)Cl.NC(c1ccccc1)c1cccc(O)c1.N[C@@H](c1ccccc1)c1cccc(O)c1.O=C(O)[C@@H](O)c1ccccc1.O=C(c1ccccc1)c1cccc(O)c1.S.[Cl-].[NH3+][C@@H](c1ccccc1)c1cccc(O)c1.c1ccccc1. The second kappa shape index (κ2) is 51.0. The minimum atomic E-state index is -3.69. The van der Waals surface area contributed by atoms with Gasteiger partial charge >= 0.3 is 71.5 Å². The van der Waals surface area contributed by atoms with Crippen molar-refractivity contribution in [2.45, 2.75) is 24.2 Å². The van der Waals surface area contributed by atoms with E-state index in [1.807, 2.05) is 212 Å². The van der Waals surface area contributed by atoms with Crippen molar-refractivity contribution in [3.8, 4) is 34.5 Å². The van der Waals surface area contributed by atoms with Crippen LogP contribution in [-0.2, 0) is 4.79 Å². The van der Waals surface area contributed by atoms with Crippen molar-refractivity contribution in [1.82, 2.24) is 0 Å². The zero-order valence-electron chi connectivity index (χ0n) is 60.6. The Bertz CT molecular complexity index is 4620. The summed E-state index contributed by atoms with van der Waals surface area (Å²) in [5.74, 6) is -0.0793. The molecule has 0 heterocycles. The zero-order chi connectivity index (χ0) is 80.3. The number of rotatable bonds is 15. The largest absolute Gasteiger partial charge is 1.00 e. The molecule has 14 N–H and O–H groups in total. The Morgan fingerprint density at radius 3 is 0.893 bits per heavy atom. The number of carbonyl (C=O) groups is 4. The standard InChI is InChI=1S/C14H12O2.3C13H13NO.C13H10O2.2C8H8O3.C6H6.Cl5P.ClH.H2S/c1-16-13-9-5-8-12(10-13)14(15)11-6-3-2-4-7-11;3*14-13(10-5-2-1-3-6-10)11-7-4-8-12(15)9-11;14-12-8-4-7-11(9-12)13(15)10-5-2-1-3-6-10;1-11-7-4-2-3-6(5-7)8(9)10;9-7(8(10)11)6-4-2-1-3-5-6;1-2-4-6-5-3-1;1-6(2,3,4)5;;/h2-10H,1H3;3*1-9,13,15H,14H2;1-9,14H;2-5H,1H3,(H,9,10);1-5,7,9H,(H,10,11);1-6H;;1H;1H2/t;2*13-;;;;7-;;;;/m.00...0..../s1. The summed E-state index contributed by atoms with van der Waals surface area (Å²) < 4.78 is 6.24. The molecular formula is C88H86Cl6N3O13PS. The van der Waals surface area contributed by atoms with Gasteiger partial charge in [0, 0.05) is 33.4 Å². The number of halogens is 6. The zero-order valence-corrected chi connectivity index (χ0v) is 67.0. The van der Waals surface area contributed by atoms with Crippen LogP contribution in [0.2, 0.25) is 0 Å². The average Bonchev–Trinajstić information content (AvgIpc) is 0.851. The third kappa shape index (κ3) is 37.8. The molecule has 0 aliphatic rings. The summed E-state index contributed by atoms with van der Waals surface area (Å²) in [5.41, 5.74) is 25.5. The topological polar surface area (TPSA) is 308 Å². The molecule has 0 spiro atoms. The van der Waals surface area contributed by atoms with Crippen LogP contribution in [0.5, 0.6) is 34.5 Å². The minimum absolute atomic E-state index is 0. The number of quaternary nitrogens is 1. The Kier molecular flexibility index (Phi) is 43.5. The van der Waals surface area contributed by atoms with Gasteiger partial charge in [-0.15, -0.1) is 0 Å². The van der Waals surface area contributed by atoms with Gasteiger partial charge in [-0.05, 0) is 107 Å². The summed E-state index contributed by atoms with van der Waals surface area (Å²) in [6.07, 6.45) is -1.41. The molecule has 24 heteroatoms. The van der Waals surface area contributed by atoms with Gasteiger partial charge in [0.05, 0.1) is 31.9 Å². The van der Waals surface area contributed by atoms with Gasteiger partial charge in [0.1, 0.15) is 40.5 Å². The van der Waals surface area contributed by atoms with Gasteiger partial charge < -0.3 is 74.8 Å². The summed E-state index contributed by atoms with van der Waals surface area (Å²) in [6.45, 7) is 0. The molecule has 0 aliphatic carbocycles. The molecule has 584 valence electrons. The quantitative estimate of drug-likeness (QED) is 0.0337. The van der Waals surface area contributed by atoms with E-state index in [0.717, 1.165) is 33.4 Å². The predicted octanol–water partition coefficient (Wildman–Crippen LogP) is 17.5. The van der Waals surface area contributed by atoms with E-state index in [2.05, 4.69) is 5.73 Å². The van der Waals surface area contributed by atoms with E-state index in [0.29, 0.717) is 39.3 Å². The van der Waals surface area contributed by atoms with Crippen LogP contribution < -0.4 is 39.1 Å². The first-order valence-corrected chi connectivity index (χ1v) is 40.3. The summed E-state index contributed by atoms with van der Waals surface area (Å²) in [7, 11) is 3.09. The van der Waals surface area contributed by atoms with Gasteiger partial charge in [-0.25, -0.2) is 9.59 Å². The number of aromatic carboxylic acids is 1. The van der Waals surface area contributed by atoms with Crippen LogP contribution in [-0.4, -0.2) is 73.5 Å². The molecule has 4 atom stereocenters. The summed E-state index contributed by atoms with van der Waals surface area (Å²) in [6, 6.07) is 109. The Hall–Kier alpha value is -10.7. The van der Waals surface area contributed by atoms with Crippen molar-refractivity contribution >= 4 is 96.6 Å². The molecule has 0 bridgehead atoms. The minimum Gasteiger partial charge on any atom is -1.00 e. The van der Waals surface area contributed by atoms with Crippen LogP contribution in [0.4, 0.5) is 0 Å². The van der Waals surface area contributed by atoms with Gasteiger partial charge in [-0.1, -0.05) is 285 Å². The molecule has 13 aromatic rings. The number of nitrogens with two attached hydrogens (primary N) is 2. The number of benzene rings is 13. The third-order valence-electron chi connectivity index (χ3n) is 15.1. The van der Waals surface area contributed by atoms with E-state index >= 15 is 0 Å². The van der Waals surface area contributed by atoms with E-state index in [1.54, 1.807) is 141 Å². The van der Waals surface area contributed by atoms with Crippen LogP contribution >= 0.6 is 73.1 Å². The molecule has 16 nitrogen and oxygen atoms in total. The van der Waals surface area contributed by atoms with Crippen molar-refractivity contribution in [3.05, 3.63) is 431 Å². The maximum atomic E-state index is 12.1. The third-order valence-corrected chi connectivity index (χ3v) is 15.1. The van der Waals surface area contributed by atoms with Crippen molar-refractivity contribution in [1.29, 1.82) is 0 Å². The molecule has 0 amide bonds. The average molecular weight is 1670 g/mol. The number of aromatic hydroxyl groups is 4. The fraction of sp³-hybridized carbons (Fsp3) is 0.0682. The number of ketones is 2. The van der Waals surface area contributed by atoms with Crippen LogP contribution in [0, 0.1) is 0 Å². The molecule has 1 unspecified atom stereocenters. The maximum Gasteiger partial charge on any atom is 0.337 e. The fourth-order valence-electron chi connectivity index (χ4n) is 9.60. The number of aliphatic hydroxyl groups is 1. The van der Waals surface area contributed by atoms with E-state index < -0.39 is 21.4 Å². The fourth-order valence-corrected chi connectivity index (χ4v) is 9.60. The second-order valence-electron chi connectivity index (χ2n) is 23.2. The summed E-state index contributed by atoms with van der Waals surface area (Å²) in [5, 5.41) is 63.3. The number of methoxy groups -OCH3 is 2. The number of aliphatic hydroxyl groups excluding tert-OH is 1. The van der Waals surface area contributed by atoms with E-state index in [-0.39, 0.29) is 84.2 Å². The number of hydrogen-bond donors (Lipinski definition) is 10. The van der Waals surface area contributed by atoms with Crippen LogP contribution in [0.3, 0.4) is 0 Å². The molecule has 13 aromatic carbocycles. The first-order valence-electron chi connectivity index (χ1n) is 33.5. The van der Waals surface area contributed by atoms with Gasteiger partial charge in [-0.3, -0.25) is 9.59 Å². The number of aliphatic carboxylic acids is 1. The van der Waals surface area contributed by atoms with Crippen molar-refractivity contribution < 1.29 is 82.5 Å². The Labute approximate surface area is 689 Å². The van der Waals surface area contributed by atoms with Gasteiger partial charge in [-0.2, -0.15) is 13.5 Å². The van der Waals surface area contributed by atoms with E-state index in [4.69, 9.17) is 92.5 Å². The number of carbonyl (C=O) groups excluding carboxylic acids is 2. The molecule has 0 fully saturated rings. The monoisotopic (exact) mass is 1670 g/mol. The summed E-state index contributed by atoms with van der Waals surface area (Å²) in [4.78, 5) is 44.6. The first kappa shape index (κ1) is 95.5. The Balaban J connectivity index is 0.000000330. The van der Waals surface area contributed by atoms with Crippen LogP contribution in [0.1, 0.15) is 105 Å². The second-order valence-corrected chi connectivity index (χ2v) is 39.8. The molecule has 0 aromatic heterocycles. The van der Waals surface area contributed by atoms with Crippen LogP contribution in [0.25, 0.3) is 0 Å². The molecule has 0 saturated carbocycles. The molecular weight excluding hydrogens is 1580 g/mol. The van der Waals surface area contributed by atoms with E-state index in [9.17, 15) is 39.6 Å². The Morgan fingerprint density at radius 1 is 0.330 bits per heavy atom. The number of carboxylic acids is 2. The van der Waals surface area contributed by atoms with Crippen molar-refractivity contribution in [2.24, 2.45) is 11.5 Å². The molecule has 0 radical (unpaired) electrons. The number of ether oxygens (including phenoxy) is 2. The predicted molar refractivity (Wildman–Crippen MR) is 453 cm³/mol.